The average Bonchev–Trinajstić information content (AvgIpc) is 3.10. The second kappa shape index (κ2) is 8.86. The summed E-state index contributed by atoms with van der Waals surface area (Å²) in [6, 6.07) is 13.2. The van der Waals surface area contributed by atoms with E-state index in [0.29, 0.717) is 36.6 Å². The number of hydrogen-bond donors (Lipinski definition) is 1. The van der Waals surface area contributed by atoms with Crippen molar-refractivity contribution in [2.75, 3.05) is 13.1 Å². The number of amides is 1. The second-order valence-corrected chi connectivity index (χ2v) is 11.4. The summed E-state index contributed by atoms with van der Waals surface area (Å²) in [5.41, 5.74) is 1.08. The Morgan fingerprint density at radius 1 is 1.22 bits per heavy atom. The zero-order valence-corrected chi connectivity index (χ0v) is 18.3. The summed E-state index contributed by atoms with van der Waals surface area (Å²) >= 11 is 4.54. The SMILES string of the molecule is CC(NC(=O)CC1CCN(S(=O)(=O)c2ccc(Br)s2)CC1)c1ccccc1. The predicted octanol–water partition coefficient (Wildman–Crippen LogP) is 4.18. The van der Waals surface area contributed by atoms with Gasteiger partial charge >= 0.3 is 0 Å². The molecule has 146 valence electrons. The number of nitrogens with one attached hydrogen (secondary N) is 1. The summed E-state index contributed by atoms with van der Waals surface area (Å²) in [4.78, 5) is 12.4. The number of nitrogens with zero attached hydrogens (tertiary/aromatic N) is 1. The quantitative estimate of drug-likeness (QED) is 0.688. The lowest BCUT2D eigenvalue weighted by Gasteiger charge is -2.30. The Morgan fingerprint density at radius 2 is 1.89 bits per heavy atom. The number of carbonyl (C=O) groups is 1. The molecule has 2 aromatic rings. The van der Waals surface area contributed by atoms with Crippen LogP contribution in [0.4, 0.5) is 0 Å². The van der Waals surface area contributed by atoms with Gasteiger partial charge in [0.2, 0.25) is 5.91 Å². The fourth-order valence-corrected chi connectivity index (χ4v) is 6.94. The number of thiophene rings is 1. The van der Waals surface area contributed by atoms with E-state index in [1.54, 1.807) is 12.1 Å². The van der Waals surface area contributed by atoms with Gasteiger partial charge in [-0.3, -0.25) is 4.79 Å². The first-order chi connectivity index (χ1) is 12.9. The maximum absolute atomic E-state index is 12.7. The number of halogens is 1. The monoisotopic (exact) mass is 470 g/mol. The van der Waals surface area contributed by atoms with Crippen LogP contribution in [0.2, 0.25) is 0 Å². The first kappa shape index (κ1) is 20.5. The number of hydrogen-bond acceptors (Lipinski definition) is 4. The van der Waals surface area contributed by atoms with E-state index in [0.717, 1.165) is 9.35 Å². The van der Waals surface area contributed by atoms with E-state index < -0.39 is 10.0 Å². The first-order valence-corrected chi connectivity index (χ1v) is 12.0. The van der Waals surface area contributed by atoms with Crippen molar-refractivity contribution in [3.63, 3.8) is 0 Å². The summed E-state index contributed by atoms with van der Waals surface area (Å²) in [6.07, 6.45) is 1.85. The Morgan fingerprint density at radius 3 is 2.48 bits per heavy atom. The molecular weight excluding hydrogens is 448 g/mol. The van der Waals surface area contributed by atoms with E-state index in [4.69, 9.17) is 0 Å². The van der Waals surface area contributed by atoms with Crippen molar-refractivity contribution in [1.29, 1.82) is 0 Å². The minimum Gasteiger partial charge on any atom is -0.350 e. The normalized spacial score (nSPS) is 17.6. The van der Waals surface area contributed by atoms with E-state index >= 15 is 0 Å². The molecule has 1 unspecified atom stereocenters. The van der Waals surface area contributed by atoms with Crippen molar-refractivity contribution < 1.29 is 13.2 Å². The molecule has 0 saturated carbocycles. The molecule has 1 amide bonds. The van der Waals surface area contributed by atoms with Crippen LogP contribution in [0.5, 0.6) is 0 Å². The zero-order chi connectivity index (χ0) is 19.4. The maximum atomic E-state index is 12.7. The van der Waals surface area contributed by atoms with Gasteiger partial charge in [0.25, 0.3) is 10.0 Å². The summed E-state index contributed by atoms with van der Waals surface area (Å²) in [6.45, 7) is 2.90. The molecule has 1 fully saturated rings. The minimum atomic E-state index is -3.43. The van der Waals surface area contributed by atoms with Crippen LogP contribution >= 0.6 is 27.3 Å². The summed E-state index contributed by atoms with van der Waals surface area (Å²) in [5.74, 6) is 0.240. The van der Waals surface area contributed by atoms with Crippen LogP contribution in [-0.4, -0.2) is 31.7 Å². The van der Waals surface area contributed by atoms with Gasteiger partial charge in [0.05, 0.1) is 9.83 Å². The third-order valence-electron chi connectivity index (χ3n) is 4.87. The molecule has 0 radical (unpaired) electrons. The third kappa shape index (κ3) is 5.19. The van der Waals surface area contributed by atoms with Crippen LogP contribution in [-0.2, 0) is 14.8 Å². The molecule has 1 aliphatic heterocycles. The van der Waals surface area contributed by atoms with E-state index in [2.05, 4.69) is 21.2 Å². The fraction of sp³-hybridized carbons (Fsp3) is 0.421. The molecule has 0 spiro atoms. The first-order valence-electron chi connectivity index (χ1n) is 8.96. The van der Waals surface area contributed by atoms with Crippen LogP contribution in [0.15, 0.2) is 50.5 Å². The Balaban J connectivity index is 1.50. The molecule has 1 N–H and O–H groups in total. The summed E-state index contributed by atoms with van der Waals surface area (Å²) < 4.78 is 28.0. The molecule has 0 aliphatic carbocycles. The molecule has 2 heterocycles. The topological polar surface area (TPSA) is 66.5 Å². The fourth-order valence-electron chi connectivity index (χ4n) is 3.30. The van der Waals surface area contributed by atoms with Gasteiger partial charge in [0, 0.05) is 19.5 Å². The largest absolute Gasteiger partial charge is 0.350 e. The highest BCUT2D eigenvalue weighted by Crippen LogP contribution is 2.31. The van der Waals surface area contributed by atoms with E-state index in [9.17, 15) is 13.2 Å². The minimum absolute atomic E-state index is 0.0230. The highest BCUT2D eigenvalue weighted by Gasteiger charge is 2.31. The van der Waals surface area contributed by atoms with Crippen molar-refractivity contribution in [1.82, 2.24) is 9.62 Å². The van der Waals surface area contributed by atoms with Gasteiger partial charge in [-0.2, -0.15) is 4.31 Å². The van der Waals surface area contributed by atoms with Gasteiger partial charge in [0.15, 0.2) is 0 Å². The highest BCUT2D eigenvalue weighted by atomic mass is 79.9. The molecule has 1 aliphatic rings. The highest BCUT2D eigenvalue weighted by molar-refractivity contribution is 9.11. The lowest BCUT2D eigenvalue weighted by Crippen LogP contribution is -2.39. The van der Waals surface area contributed by atoms with Gasteiger partial charge < -0.3 is 5.32 Å². The van der Waals surface area contributed by atoms with Crippen molar-refractivity contribution in [3.8, 4) is 0 Å². The van der Waals surface area contributed by atoms with Gasteiger partial charge in [-0.25, -0.2) is 8.42 Å². The predicted molar refractivity (Wildman–Crippen MR) is 111 cm³/mol. The lowest BCUT2D eigenvalue weighted by atomic mass is 9.94. The lowest BCUT2D eigenvalue weighted by molar-refractivity contribution is -0.122. The Kier molecular flexibility index (Phi) is 6.73. The van der Waals surface area contributed by atoms with E-state index in [-0.39, 0.29) is 17.9 Å². The van der Waals surface area contributed by atoms with Crippen molar-refractivity contribution >= 4 is 43.2 Å². The summed E-state index contributed by atoms with van der Waals surface area (Å²) in [5, 5.41) is 3.04. The van der Waals surface area contributed by atoms with Crippen molar-refractivity contribution in [3.05, 3.63) is 51.8 Å². The third-order valence-corrected chi connectivity index (χ3v) is 8.86. The van der Waals surface area contributed by atoms with Crippen LogP contribution in [0.3, 0.4) is 0 Å². The molecule has 3 rings (SSSR count). The number of sulfonamides is 1. The maximum Gasteiger partial charge on any atom is 0.252 e. The van der Waals surface area contributed by atoms with Crippen LogP contribution in [0, 0.1) is 5.92 Å². The molecule has 1 saturated heterocycles. The van der Waals surface area contributed by atoms with Crippen molar-refractivity contribution in [2.45, 2.75) is 36.4 Å². The standard InChI is InChI=1S/C19H23BrN2O3S2/c1-14(16-5-3-2-4-6-16)21-18(23)13-15-9-11-22(12-10-15)27(24,25)19-8-7-17(20)26-19/h2-8,14-15H,9-13H2,1H3,(H,21,23). The Labute approximate surface area is 173 Å². The van der Waals surface area contributed by atoms with Gasteiger partial charge in [-0.15, -0.1) is 11.3 Å². The number of benzene rings is 1. The molecular formula is C19H23BrN2O3S2. The Hall–Kier alpha value is -1.22. The molecule has 27 heavy (non-hydrogen) atoms. The zero-order valence-electron chi connectivity index (χ0n) is 15.1. The molecule has 8 heteroatoms. The summed E-state index contributed by atoms with van der Waals surface area (Å²) in [7, 11) is -3.43. The second-order valence-electron chi connectivity index (χ2n) is 6.81. The average molecular weight is 471 g/mol. The smallest absolute Gasteiger partial charge is 0.252 e. The van der Waals surface area contributed by atoms with Crippen LogP contribution in [0.25, 0.3) is 0 Å². The van der Waals surface area contributed by atoms with Crippen LogP contribution in [0.1, 0.15) is 37.8 Å². The molecule has 5 nitrogen and oxygen atoms in total. The number of carbonyl (C=O) groups excluding carboxylic acids is 1. The van der Waals surface area contributed by atoms with Crippen molar-refractivity contribution in [2.24, 2.45) is 5.92 Å². The number of rotatable bonds is 6. The van der Waals surface area contributed by atoms with Crippen LogP contribution < -0.4 is 5.32 Å². The van der Waals surface area contributed by atoms with Gasteiger partial charge in [0.1, 0.15) is 4.21 Å². The number of piperidine rings is 1. The molecule has 0 bridgehead atoms. The van der Waals surface area contributed by atoms with E-state index in [1.165, 1.54) is 15.6 Å². The Bertz CT molecular complexity index is 875. The van der Waals surface area contributed by atoms with Gasteiger partial charge in [-0.1, -0.05) is 30.3 Å². The molecule has 1 atom stereocenters. The molecule has 1 aromatic heterocycles. The molecule has 1 aromatic carbocycles. The van der Waals surface area contributed by atoms with Gasteiger partial charge in [-0.05, 0) is 59.3 Å². The van der Waals surface area contributed by atoms with E-state index in [1.807, 2.05) is 37.3 Å².